The summed E-state index contributed by atoms with van der Waals surface area (Å²) in [6.45, 7) is 0. The Labute approximate surface area is 56.1 Å². The van der Waals surface area contributed by atoms with E-state index >= 15 is 0 Å². The van der Waals surface area contributed by atoms with Crippen molar-refractivity contribution in [2.75, 3.05) is 0 Å². The summed E-state index contributed by atoms with van der Waals surface area (Å²) in [6.07, 6.45) is 4.62. The highest BCUT2D eigenvalue weighted by Crippen LogP contribution is 1.98. The quantitative estimate of drug-likeness (QED) is 0.452. The van der Waals surface area contributed by atoms with Gasteiger partial charge in [0.05, 0.1) is 17.2 Å². The molecule has 1 aromatic rings. The largest absolute Gasteiger partial charge is 0.444 e. The van der Waals surface area contributed by atoms with Gasteiger partial charge in [-0.25, -0.2) is 4.98 Å². The van der Waals surface area contributed by atoms with E-state index in [-0.39, 0.29) is 0 Å². The van der Waals surface area contributed by atoms with Crippen LogP contribution in [-0.4, -0.2) is 9.91 Å². The summed E-state index contributed by atoms with van der Waals surface area (Å²) in [6, 6.07) is 0. The molecule has 0 fully saturated rings. The molecular weight excluding hydrogens is 136 g/mol. The number of rotatable bonds is 2. The normalized spacial score (nSPS) is 10.4. The van der Waals surface area contributed by atoms with E-state index in [1.54, 1.807) is 0 Å². The maximum absolute atomic E-state index is 9.75. The van der Waals surface area contributed by atoms with E-state index in [1.807, 2.05) is 0 Å². The summed E-state index contributed by atoms with van der Waals surface area (Å²) in [4.78, 5) is 12.7. The van der Waals surface area contributed by atoms with Crippen molar-refractivity contribution in [2.24, 2.45) is 0 Å². The summed E-state index contributed by atoms with van der Waals surface area (Å²) in [5.41, 5.74) is 0. The van der Waals surface area contributed by atoms with Crippen LogP contribution >= 0.6 is 0 Å². The number of hydrogen-bond acceptors (Lipinski definition) is 4. The van der Waals surface area contributed by atoms with Crippen LogP contribution in [0.3, 0.4) is 0 Å². The molecule has 1 aromatic heterocycles. The lowest BCUT2D eigenvalue weighted by Crippen LogP contribution is -1.80. The van der Waals surface area contributed by atoms with Gasteiger partial charge >= 0.3 is 0 Å². The summed E-state index contributed by atoms with van der Waals surface area (Å²) in [5.74, 6) is 0.372. The van der Waals surface area contributed by atoms with Crippen molar-refractivity contribution in [1.82, 2.24) is 4.98 Å². The Morgan fingerprint density at radius 2 is 2.60 bits per heavy atom. The molecule has 0 amide bonds. The third-order valence-electron chi connectivity index (χ3n) is 0.812. The Hall–Kier alpha value is -1.65. The van der Waals surface area contributed by atoms with Gasteiger partial charge < -0.3 is 4.42 Å². The Balaban J connectivity index is 2.64. The lowest BCUT2D eigenvalue weighted by Gasteiger charge is -1.76. The van der Waals surface area contributed by atoms with E-state index in [2.05, 4.69) is 9.40 Å². The summed E-state index contributed by atoms with van der Waals surface area (Å²) in [7, 11) is 0. The highest BCUT2D eigenvalue weighted by atomic mass is 16.6. The van der Waals surface area contributed by atoms with Crippen molar-refractivity contribution in [3.63, 3.8) is 0 Å². The van der Waals surface area contributed by atoms with Gasteiger partial charge in [0.1, 0.15) is 0 Å². The molecule has 0 aliphatic carbocycles. The molecule has 0 aromatic carbocycles. The standard InChI is InChI=1S/C5H4N2O3/c8-7(9)2-1-5-3-6-4-10-5/h1-4H. The van der Waals surface area contributed by atoms with Crippen LogP contribution in [0.15, 0.2) is 23.2 Å². The molecule has 0 atom stereocenters. The second-order valence-corrected chi connectivity index (χ2v) is 1.50. The topological polar surface area (TPSA) is 69.2 Å². The van der Waals surface area contributed by atoms with Crippen molar-refractivity contribution >= 4 is 6.08 Å². The lowest BCUT2D eigenvalue weighted by molar-refractivity contribution is -0.401. The molecule has 10 heavy (non-hydrogen) atoms. The zero-order valence-electron chi connectivity index (χ0n) is 4.93. The Bertz CT molecular complexity index is 239. The van der Waals surface area contributed by atoms with Crippen molar-refractivity contribution in [3.05, 3.63) is 34.7 Å². The Kier molecular flexibility index (Phi) is 1.79. The molecule has 0 spiro atoms. The number of nitro groups is 1. The number of aromatic nitrogens is 1. The van der Waals surface area contributed by atoms with Crippen LogP contribution in [0.4, 0.5) is 0 Å². The summed E-state index contributed by atoms with van der Waals surface area (Å²) >= 11 is 0. The summed E-state index contributed by atoms with van der Waals surface area (Å²) < 4.78 is 4.68. The van der Waals surface area contributed by atoms with E-state index in [0.29, 0.717) is 5.76 Å². The minimum atomic E-state index is -0.567. The van der Waals surface area contributed by atoms with Crippen molar-refractivity contribution < 1.29 is 9.34 Å². The Morgan fingerprint density at radius 1 is 1.80 bits per heavy atom. The van der Waals surface area contributed by atoms with Gasteiger partial charge in [0.25, 0.3) is 0 Å². The first kappa shape index (κ1) is 6.47. The highest BCUT2D eigenvalue weighted by Gasteiger charge is 1.90. The van der Waals surface area contributed by atoms with Gasteiger partial charge in [0.2, 0.25) is 6.20 Å². The molecule has 0 unspecified atom stereocenters. The van der Waals surface area contributed by atoms with Crippen LogP contribution in [0.25, 0.3) is 6.08 Å². The minimum Gasteiger partial charge on any atom is -0.444 e. The Morgan fingerprint density at radius 3 is 3.10 bits per heavy atom. The number of oxazole rings is 1. The van der Waals surface area contributed by atoms with Gasteiger partial charge in [-0.15, -0.1) is 0 Å². The first-order chi connectivity index (χ1) is 4.79. The second-order valence-electron chi connectivity index (χ2n) is 1.50. The van der Waals surface area contributed by atoms with Crippen molar-refractivity contribution in [2.45, 2.75) is 0 Å². The third kappa shape index (κ3) is 1.70. The fourth-order valence-electron chi connectivity index (χ4n) is 0.442. The molecule has 5 nitrogen and oxygen atoms in total. The predicted octanol–water partition coefficient (Wildman–Crippen LogP) is 0.922. The molecule has 1 rings (SSSR count). The number of hydrogen-bond donors (Lipinski definition) is 0. The van der Waals surface area contributed by atoms with E-state index < -0.39 is 4.92 Å². The van der Waals surface area contributed by atoms with Crippen LogP contribution in [0, 0.1) is 10.1 Å². The third-order valence-corrected chi connectivity index (χ3v) is 0.812. The van der Waals surface area contributed by atoms with E-state index in [0.717, 1.165) is 6.20 Å². The second kappa shape index (κ2) is 2.77. The monoisotopic (exact) mass is 140 g/mol. The van der Waals surface area contributed by atoms with E-state index in [1.165, 1.54) is 18.7 Å². The fourth-order valence-corrected chi connectivity index (χ4v) is 0.442. The predicted molar refractivity (Wildman–Crippen MR) is 32.5 cm³/mol. The molecule has 0 bridgehead atoms. The molecule has 0 aliphatic rings. The lowest BCUT2D eigenvalue weighted by atomic mass is 10.5. The van der Waals surface area contributed by atoms with Crippen LogP contribution in [0.1, 0.15) is 5.76 Å². The molecule has 5 heteroatoms. The highest BCUT2D eigenvalue weighted by molar-refractivity contribution is 5.38. The molecule has 52 valence electrons. The molecule has 0 aliphatic heterocycles. The SMILES string of the molecule is O=[N+]([O-])C=Cc1cnco1. The van der Waals surface area contributed by atoms with Crippen molar-refractivity contribution in [1.29, 1.82) is 0 Å². The van der Waals surface area contributed by atoms with Gasteiger partial charge in [-0.3, -0.25) is 10.1 Å². The maximum Gasteiger partial charge on any atom is 0.238 e. The zero-order chi connectivity index (χ0) is 7.40. The average molecular weight is 140 g/mol. The minimum absolute atomic E-state index is 0.372. The van der Waals surface area contributed by atoms with Crippen LogP contribution in [0.2, 0.25) is 0 Å². The maximum atomic E-state index is 9.75. The smallest absolute Gasteiger partial charge is 0.238 e. The van der Waals surface area contributed by atoms with Crippen LogP contribution in [0.5, 0.6) is 0 Å². The average Bonchev–Trinajstić information content (AvgIpc) is 2.34. The fraction of sp³-hybridized carbons (Fsp3) is 0. The van der Waals surface area contributed by atoms with Crippen LogP contribution in [-0.2, 0) is 0 Å². The number of nitrogens with zero attached hydrogens (tertiary/aromatic N) is 2. The van der Waals surface area contributed by atoms with Gasteiger partial charge in [-0.1, -0.05) is 0 Å². The van der Waals surface area contributed by atoms with E-state index in [4.69, 9.17) is 0 Å². The molecule has 1 heterocycles. The van der Waals surface area contributed by atoms with Gasteiger partial charge in [-0.2, -0.15) is 0 Å². The molecular formula is C5H4N2O3. The van der Waals surface area contributed by atoms with Gasteiger partial charge in [0.15, 0.2) is 12.2 Å². The van der Waals surface area contributed by atoms with Gasteiger partial charge in [-0.05, 0) is 0 Å². The zero-order valence-corrected chi connectivity index (χ0v) is 4.93. The van der Waals surface area contributed by atoms with Crippen molar-refractivity contribution in [3.8, 4) is 0 Å². The molecule has 0 saturated carbocycles. The first-order valence-corrected chi connectivity index (χ1v) is 2.49. The molecule has 0 N–H and O–H groups in total. The first-order valence-electron chi connectivity index (χ1n) is 2.49. The molecule has 0 radical (unpaired) electrons. The molecule has 0 saturated heterocycles. The van der Waals surface area contributed by atoms with E-state index in [9.17, 15) is 10.1 Å². The van der Waals surface area contributed by atoms with Crippen LogP contribution < -0.4 is 0 Å². The van der Waals surface area contributed by atoms with Gasteiger partial charge in [0, 0.05) is 0 Å². The summed E-state index contributed by atoms with van der Waals surface area (Å²) in [5, 5.41) is 9.75.